The second-order valence-corrected chi connectivity index (χ2v) is 12.0. The third kappa shape index (κ3) is 3.77. The molecule has 1 heteroatoms. The molecular formula is C24H34Si. The Morgan fingerprint density at radius 1 is 0.560 bits per heavy atom. The first-order valence-corrected chi connectivity index (χ1v) is 12.9. The van der Waals surface area contributed by atoms with E-state index < -0.39 is 8.07 Å². The van der Waals surface area contributed by atoms with Crippen molar-refractivity contribution in [3.8, 4) is 11.1 Å². The predicted octanol–water partition coefficient (Wildman–Crippen LogP) is 6.39. The molecule has 2 aromatic carbocycles. The lowest BCUT2D eigenvalue weighted by Crippen LogP contribution is -2.55. The first kappa shape index (κ1) is 18.4. The molecule has 134 valence electrons. The van der Waals surface area contributed by atoms with Crippen molar-refractivity contribution in [2.45, 2.75) is 77.3 Å². The lowest BCUT2D eigenvalue weighted by Gasteiger charge is -2.30. The summed E-state index contributed by atoms with van der Waals surface area (Å²) in [5.74, 6) is 0. The highest BCUT2D eigenvalue weighted by Gasteiger charge is 2.43. The molecule has 2 aromatic rings. The van der Waals surface area contributed by atoms with Crippen molar-refractivity contribution in [1.29, 1.82) is 0 Å². The van der Waals surface area contributed by atoms with Crippen LogP contribution in [0.15, 0.2) is 48.5 Å². The molecule has 0 fully saturated rings. The van der Waals surface area contributed by atoms with Crippen LogP contribution in [0.4, 0.5) is 0 Å². The van der Waals surface area contributed by atoms with Gasteiger partial charge in [0.1, 0.15) is 8.07 Å². The fourth-order valence-corrected chi connectivity index (χ4v) is 10.4. The van der Waals surface area contributed by atoms with Crippen LogP contribution in [0.2, 0.25) is 12.1 Å². The van der Waals surface area contributed by atoms with Gasteiger partial charge in [-0.3, -0.25) is 0 Å². The zero-order chi connectivity index (χ0) is 17.5. The fourth-order valence-electron chi connectivity index (χ4n) is 4.79. The fraction of sp³-hybridized carbons (Fsp3) is 0.500. The Morgan fingerprint density at radius 2 is 1.00 bits per heavy atom. The zero-order valence-electron chi connectivity index (χ0n) is 16.2. The van der Waals surface area contributed by atoms with E-state index in [4.69, 9.17) is 0 Å². The lowest BCUT2D eigenvalue weighted by atomic mass is 10.1. The summed E-state index contributed by atoms with van der Waals surface area (Å²) in [7, 11) is -1.57. The first-order valence-electron chi connectivity index (χ1n) is 10.5. The molecule has 1 aliphatic heterocycles. The summed E-state index contributed by atoms with van der Waals surface area (Å²) >= 11 is 0. The van der Waals surface area contributed by atoms with Crippen LogP contribution in [0.1, 0.15) is 65.2 Å². The second kappa shape index (κ2) is 8.85. The lowest BCUT2D eigenvalue weighted by molar-refractivity contribution is 0.684. The Hall–Kier alpha value is -1.34. The van der Waals surface area contributed by atoms with Crippen molar-refractivity contribution in [3.63, 3.8) is 0 Å². The number of hydrogen-bond acceptors (Lipinski definition) is 0. The van der Waals surface area contributed by atoms with Gasteiger partial charge >= 0.3 is 0 Å². The number of hydrogen-bond donors (Lipinski definition) is 0. The van der Waals surface area contributed by atoms with Crippen LogP contribution < -0.4 is 10.4 Å². The van der Waals surface area contributed by atoms with Gasteiger partial charge in [0.05, 0.1) is 0 Å². The number of rotatable bonds is 10. The van der Waals surface area contributed by atoms with Crippen LogP contribution in [0.25, 0.3) is 11.1 Å². The monoisotopic (exact) mass is 350 g/mol. The van der Waals surface area contributed by atoms with Crippen LogP contribution >= 0.6 is 0 Å². The van der Waals surface area contributed by atoms with E-state index in [1.54, 1.807) is 21.5 Å². The van der Waals surface area contributed by atoms with Gasteiger partial charge < -0.3 is 0 Å². The van der Waals surface area contributed by atoms with Gasteiger partial charge in [-0.2, -0.15) is 0 Å². The quantitative estimate of drug-likeness (QED) is 0.344. The normalized spacial score (nSPS) is 14.3. The Kier molecular flexibility index (Phi) is 6.53. The van der Waals surface area contributed by atoms with Crippen molar-refractivity contribution in [2.75, 3.05) is 0 Å². The molecule has 0 nitrogen and oxygen atoms in total. The van der Waals surface area contributed by atoms with Gasteiger partial charge in [0, 0.05) is 0 Å². The molecule has 0 radical (unpaired) electrons. The van der Waals surface area contributed by atoms with E-state index >= 15 is 0 Å². The van der Waals surface area contributed by atoms with Crippen molar-refractivity contribution < 1.29 is 0 Å². The summed E-state index contributed by atoms with van der Waals surface area (Å²) in [6.07, 6.45) is 11.1. The second-order valence-electron chi connectivity index (χ2n) is 7.79. The zero-order valence-corrected chi connectivity index (χ0v) is 17.2. The Labute approximate surface area is 155 Å². The van der Waals surface area contributed by atoms with Gasteiger partial charge in [0.25, 0.3) is 0 Å². The molecule has 0 N–H and O–H groups in total. The topological polar surface area (TPSA) is 0 Å². The largest absolute Gasteiger partial charge is 0.119 e. The summed E-state index contributed by atoms with van der Waals surface area (Å²) < 4.78 is 0. The Bertz CT molecular complexity index is 614. The van der Waals surface area contributed by atoms with Crippen molar-refractivity contribution >= 4 is 18.4 Å². The maximum Gasteiger partial charge on any atom is 0.119 e. The van der Waals surface area contributed by atoms with E-state index in [0.29, 0.717) is 0 Å². The molecule has 0 aliphatic carbocycles. The van der Waals surface area contributed by atoms with Crippen molar-refractivity contribution in [3.05, 3.63) is 48.5 Å². The van der Waals surface area contributed by atoms with E-state index in [9.17, 15) is 0 Å². The van der Waals surface area contributed by atoms with Gasteiger partial charge in [-0.25, -0.2) is 0 Å². The van der Waals surface area contributed by atoms with Crippen LogP contribution in [-0.2, 0) is 0 Å². The average molecular weight is 351 g/mol. The highest BCUT2D eigenvalue weighted by atomic mass is 28.3. The molecule has 0 unspecified atom stereocenters. The molecule has 0 bridgehead atoms. The Morgan fingerprint density at radius 3 is 1.44 bits per heavy atom. The Balaban J connectivity index is 1.94. The van der Waals surface area contributed by atoms with Crippen molar-refractivity contribution in [1.82, 2.24) is 0 Å². The van der Waals surface area contributed by atoms with E-state index in [-0.39, 0.29) is 0 Å². The SMILES string of the molecule is CCCCCC[Si]1(CCCCCC)c2ccccc2-c2ccccc21. The van der Waals surface area contributed by atoms with Gasteiger partial charge in [-0.15, -0.1) is 0 Å². The standard InChI is InChI=1S/C24H34Si/c1-3-5-7-13-19-25(20-14-8-6-4-2)23-17-11-9-15-21(23)22-16-10-12-18-24(22)25/h9-12,15-18H,3-8,13-14,19-20H2,1-2H3. The summed E-state index contributed by atoms with van der Waals surface area (Å²) in [6, 6.07) is 21.6. The third-order valence-corrected chi connectivity index (χ3v) is 11.4. The minimum atomic E-state index is -1.57. The summed E-state index contributed by atoms with van der Waals surface area (Å²) in [6.45, 7) is 4.64. The molecule has 1 heterocycles. The summed E-state index contributed by atoms with van der Waals surface area (Å²) in [5.41, 5.74) is 3.10. The highest BCUT2D eigenvalue weighted by Crippen LogP contribution is 2.35. The minimum absolute atomic E-state index is 1.33. The van der Waals surface area contributed by atoms with Crippen LogP contribution in [0.3, 0.4) is 0 Å². The predicted molar refractivity (Wildman–Crippen MR) is 115 cm³/mol. The highest BCUT2D eigenvalue weighted by molar-refractivity contribution is 7.05. The van der Waals surface area contributed by atoms with Crippen LogP contribution in [0.5, 0.6) is 0 Å². The van der Waals surface area contributed by atoms with Crippen LogP contribution in [0, 0.1) is 0 Å². The molecule has 0 saturated heterocycles. The van der Waals surface area contributed by atoms with E-state index in [2.05, 4.69) is 62.4 Å². The molecule has 0 saturated carbocycles. The molecular weight excluding hydrogens is 316 g/mol. The van der Waals surface area contributed by atoms with E-state index in [1.807, 2.05) is 0 Å². The van der Waals surface area contributed by atoms with E-state index in [0.717, 1.165) is 0 Å². The van der Waals surface area contributed by atoms with E-state index in [1.165, 1.54) is 63.5 Å². The third-order valence-electron chi connectivity index (χ3n) is 6.09. The van der Waals surface area contributed by atoms with Gasteiger partial charge in [0.15, 0.2) is 0 Å². The van der Waals surface area contributed by atoms with Gasteiger partial charge in [0.2, 0.25) is 0 Å². The summed E-state index contributed by atoms with van der Waals surface area (Å²) in [4.78, 5) is 0. The average Bonchev–Trinajstić information content (AvgIpc) is 2.94. The molecule has 0 aromatic heterocycles. The van der Waals surface area contributed by atoms with Crippen LogP contribution in [-0.4, -0.2) is 8.07 Å². The molecule has 1 aliphatic rings. The molecule has 0 atom stereocenters. The molecule has 3 rings (SSSR count). The maximum atomic E-state index is 2.47. The maximum absolute atomic E-state index is 2.47. The van der Waals surface area contributed by atoms with Gasteiger partial charge in [-0.05, 0) is 33.6 Å². The number of benzene rings is 2. The summed E-state index contributed by atoms with van der Waals surface area (Å²) in [5, 5.41) is 3.48. The molecule has 0 spiro atoms. The molecule has 0 amide bonds. The first-order chi connectivity index (χ1) is 12.3. The number of unbranched alkanes of at least 4 members (excludes halogenated alkanes) is 6. The smallest absolute Gasteiger partial charge is 0.0654 e. The number of fused-ring (bicyclic) bond motifs is 3. The molecule has 25 heavy (non-hydrogen) atoms. The minimum Gasteiger partial charge on any atom is -0.0654 e. The van der Waals surface area contributed by atoms with Crippen molar-refractivity contribution in [2.24, 2.45) is 0 Å². The van der Waals surface area contributed by atoms with Gasteiger partial charge in [-0.1, -0.05) is 114 Å².